The van der Waals surface area contributed by atoms with Crippen LogP contribution in [0.5, 0.6) is 0 Å². The summed E-state index contributed by atoms with van der Waals surface area (Å²) in [5.74, 6) is -0.444. The summed E-state index contributed by atoms with van der Waals surface area (Å²) in [5.41, 5.74) is 8.27. The minimum atomic E-state index is -0.578. The van der Waals surface area contributed by atoms with Crippen LogP contribution in [0.4, 0.5) is 14.6 Å². The zero-order valence-electron chi connectivity index (χ0n) is 13.9. The second-order valence-electron chi connectivity index (χ2n) is 5.98. The van der Waals surface area contributed by atoms with Crippen LogP contribution in [-0.4, -0.2) is 19.6 Å². The maximum Gasteiger partial charge on any atom is 0.198 e. The molecule has 4 aromatic rings. The van der Waals surface area contributed by atoms with Crippen molar-refractivity contribution in [2.24, 2.45) is 0 Å². The minimum Gasteiger partial charge on any atom is -0.381 e. The van der Waals surface area contributed by atoms with Gasteiger partial charge in [0.25, 0.3) is 0 Å². The number of benzene rings is 2. The van der Waals surface area contributed by atoms with Crippen molar-refractivity contribution < 1.29 is 8.78 Å². The molecule has 0 aliphatic rings. The molecular formula is C19H15F2N5. The highest BCUT2D eigenvalue weighted by Crippen LogP contribution is 2.27. The van der Waals surface area contributed by atoms with Crippen molar-refractivity contribution in [3.63, 3.8) is 0 Å². The maximum absolute atomic E-state index is 14.2. The molecule has 0 spiro atoms. The van der Waals surface area contributed by atoms with Crippen molar-refractivity contribution in [3.05, 3.63) is 77.2 Å². The van der Waals surface area contributed by atoms with Gasteiger partial charge in [0.1, 0.15) is 11.6 Å². The van der Waals surface area contributed by atoms with Crippen LogP contribution >= 0.6 is 0 Å². The molecule has 0 radical (unpaired) electrons. The Morgan fingerprint density at radius 2 is 1.81 bits per heavy atom. The lowest BCUT2D eigenvalue weighted by molar-refractivity contribution is 0.602. The van der Waals surface area contributed by atoms with E-state index in [0.29, 0.717) is 23.6 Å². The zero-order valence-corrected chi connectivity index (χ0v) is 13.9. The van der Waals surface area contributed by atoms with E-state index in [1.165, 1.54) is 4.52 Å². The highest BCUT2D eigenvalue weighted by Gasteiger charge is 2.18. The van der Waals surface area contributed by atoms with Gasteiger partial charge in [0.05, 0.1) is 11.4 Å². The Hall–Kier alpha value is -3.35. The van der Waals surface area contributed by atoms with Crippen LogP contribution in [0, 0.1) is 18.6 Å². The summed E-state index contributed by atoms with van der Waals surface area (Å²) in [6.45, 7) is 1.72. The second-order valence-corrected chi connectivity index (χ2v) is 5.98. The number of aromatic nitrogens is 4. The number of hydrogen-bond acceptors (Lipinski definition) is 4. The number of nitrogens with zero attached hydrogens (tertiary/aromatic N) is 4. The Bertz CT molecular complexity index is 1110. The van der Waals surface area contributed by atoms with Gasteiger partial charge < -0.3 is 5.73 Å². The molecule has 0 amide bonds. The quantitative estimate of drug-likeness (QED) is 0.613. The molecule has 5 nitrogen and oxygen atoms in total. The van der Waals surface area contributed by atoms with E-state index in [-0.39, 0.29) is 17.1 Å². The van der Waals surface area contributed by atoms with Gasteiger partial charge in [-0.15, -0.1) is 0 Å². The van der Waals surface area contributed by atoms with Crippen LogP contribution in [0.2, 0.25) is 0 Å². The number of anilines is 1. The van der Waals surface area contributed by atoms with Gasteiger partial charge >= 0.3 is 0 Å². The lowest BCUT2D eigenvalue weighted by atomic mass is 10.1. The fourth-order valence-corrected chi connectivity index (χ4v) is 2.89. The predicted molar refractivity (Wildman–Crippen MR) is 94.5 cm³/mol. The first-order chi connectivity index (χ1) is 12.5. The van der Waals surface area contributed by atoms with Crippen LogP contribution in [-0.2, 0) is 6.42 Å². The van der Waals surface area contributed by atoms with E-state index >= 15 is 0 Å². The SMILES string of the molecule is Cc1c(-c2cc(F)ccc2F)nc(N)c2nc(Cc3ccccc3)nn12. The fraction of sp³-hybridized carbons (Fsp3) is 0.105. The molecule has 2 heterocycles. The van der Waals surface area contributed by atoms with Gasteiger partial charge in [0.15, 0.2) is 17.3 Å². The molecule has 2 aromatic heterocycles. The maximum atomic E-state index is 14.2. The van der Waals surface area contributed by atoms with Gasteiger partial charge in [-0.2, -0.15) is 5.10 Å². The number of hydrogen-bond donors (Lipinski definition) is 1. The van der Waals surface area contributed by atoms with E-state index in [0.717, 1.165) is 23.8 Å². The minimum absolute atomic E-state index is 0.0382. The largest absolute Gasteiger partial charge is 0.381 e. The Morgan fingerprint density at radius 1 is 1.04 bits per heavy atom. The average Bonchev–Trinajstić information content (AvgIpc) is 3.06. The van der Waals surface area contributed by atoms with E-state index in [2.05, 4.69) is 15.1 Å². The van der Waals surface area contributed by atoms with E-state index in [1.54, 1.807) is 6.92 Å². The number of rotatable bonds is 3. The molecule has 0 aliphatic heterocycles. The third kappa shape index (κ3) is 2.77. The van der Waals surface area contributed by atoms with Crippen LogP contribution in [0.15, 0.2) is 48.5 Å². The monoisotopic (exact) mass is 351 g/mol. The lowest BCUT2D eigenvalue weighted by Crippen LogP contribution is -2.05. The molecule has 2 aromatic carbocycles. The number of nitrogens with two attached hydrogens (primary N) is 1. The highest BCUT2D eigenvalue weighted by molar-refractivity contribution is 5.70. The first kappa shape index (κ1) is 16.1. The van der Waals surface area contributed by atoms with E-state index in [4.69, 9.17) is 5.73 Å². The van der Waals surface area contributed by atoms with Crippen LogP contribution in [0.1, 0.15) is 17.1 Å². The van der Waals surface area contributed by atoms with Gasteiger partial charge in [0.2, 0.25) is 0 Å². The Labute approximate surface area is 148 Å². The second kappa shape index (κ2) is 6.18. The van der Waals surface area contributed by atoms with Gasteiger partial charge in [0, 0.05) is 12.0 Å². The molecule has 0 atom stereocenters. The summed E-state index contributed by atoms with van der Waals surface area (Å²) in [7, 11) is 0. The number of nitrogen functional groups attached to an aromatic ring is 1. The molecule has 0 saturated carbocycles. The average molecular weight is 351 g/mol. The summed E-state index contributed by atoms with van der Waals surface area (Å²) in [4.78, 5) is 8.68. The molecule has 130 valence electrons. The highest BCUT2D eigenvalue weighted by atomic mass is 19.1. The summed E-state index contributed by atoms with van der Waals surface area (Å²) in [6, 6.07) is 13.0. The zero-order chi connectivity index (χ0) is 18.3. The van der Waals surface area contributed by atoms with Gasteiger partial charge in [-0.25, -0.2) is 23.3 Å². The molecule has 26 heavy (non-hydrogen) atoms. The molecule has 0 bridgehead atoms. The molecule has 2 N–H and O–H groups in total. The summed E-state index contributed by atoms with van der Waals surface area (Å²) >= 11 is 0. The van der Waals surface area contributed by atoms with E-state index in [1.807, 2.05) is 30.3 Å². The molecule has 4 rings (SSSR count). The Kier molecular flexibility index (Phi) is 3.84. The first-order valence-corrected chi connectivity index (χ1v) is 8.04. The predicted octanol–water partition coefficient (Wildman–Crippen LogP) is 3.55. The summed E-state index contributed by atoms with van der Waals surface area (Å²) in [6.07, 6.45) is 0.533. The Balaban J connectivity index is 1.85. The van der Waals surface area contributed by atoms with E-state index in [9.17, 15) is 8.78 Å². The number of fused-ring (bicyclic) bond motifs is 1. The van der Waals surface area contributed by atoms with Gasteiger partial charge in [-0.05, 0) is 30.7 Å². The molecule has 0 aliphatic carbocycles. The first-order valence-electron chi connectivity index (χ1n) is 8.04. The van der Waals surface area contributed by atoms with Crippen LogP contribution < -0.4 is 5.73 Å². The third-order valence-electron chi connectivity index (χ3n) is 4.16. The van der Waals surface area contributed by atoms with Gasteiger partial charge in [-0.3, -0.25) is 0 Å². The van der Waals surface area contributed by atoms with Crippen LogP contribution in [0.3, 0.4) is 0 Å². The summed E-state index contributed by atoms with van der Waals surface area (Å²) < 4.78 is 29.3. The van der Waals surface area contributed by atoms with Crippen molar-refractivity contribution in [1.82, 2.24) is 19.6 Å². The topological polar surface area (TPSA) is 69.1 Å². The van der Waals surface area contributed by atoms with Crippen molar-refractivity contribution in [2.75, 3.05) is 5.73 Å². The third-order valence-corrected chi connectivity index (χ3v) is 4.16. The molecule has 7 heteroatoms. The molecular weight excluding hydrogens is 336 g/mol. The number of halogens is 2. The Morgan fingerprint density at radius 3 is 2.58 bits per heavy atom. The van der Waals surface area contributed by atoms with E-state index < -0.39 is 11.6 Å². The van der Waals surface area contributed by atoms with Crippen molar-refractivity contribution >= 4 is 11.5 Å². The number of aryl methyl sites for hydroxylation is 1. The van der Waals surface area contributed by atoms with Crippen molar-refractivity contribution in [1.29, 1.82) is 0 Å². The van der Waals surface area contributed by atoms with Gasteiger partial charge in [-0.1, -0.05) is 30.3 Å². The van der Waals surface area contributed by atoms with Crippen molar-refractivity contribution in [2.45, 2.75) is 13.3 Å². The molecule has 0 unspecified atom stereocenters. The molecule has 0 fully saturated rings. The fourth-order valence-electron chi connectivity index (χ4n) is 2.89. The van der Waals surface area contributed by atoms with Crippen LogP contribution in [0.25, 0.3) is 16.9 Å². The lowest BCUT2D eigenvalue weighted by Gasteiger charge is -2.09. The summed E-state index contributed by atoms with van der Waals surface area (Å²) in [5, 5.41) is 4.48. The molecule has 0 saturated heterocycles. The van der Waals surface area contributed by atoms with Crippen molar-refractivity contribution in [3.8, 4) is 11.3 Å². The smallest absolute Gasteiger partial charge is 0.198 e. The standard InChI is InChI=1S/C19H15F2N5/c1-11-17(14-10-13(20)7-8-15(14)21)24-18(22)19-23-16(25-26(11)19)9-12-5-3-2-4-6-12/h2-8,10H,9H2,1H3,(H2,22,24). The normalized spacial score (nSPS) is 11.2.